The fourth-order valence-electron chi connectivity index (χ4n) is 1.33. The molecule has 0 fully saturated rings. The second-order valence-electron chi connectivity index (χ2n) is 3.72. The lowest BCUT2D eigenvalue weighted by molar-refractivity contribution is -0.119. The number of aromatic nitrogens is 2. The molecule has 0 saturated carbocycles. The van der Waals surface area contributed by atoms with E-state index in [4.69, 9.17) is 15.2 Å². The molecule has 19 heavy (non-hydrogen) atoms. The van der Waals surface area contributed by atoms with E-state index in [1.165, 1.54) is 0 Å². The average molecular weight is 269 g/mol. The van der Waals surface area contributed by atoms with Gasteiger partial charge in [0.25, 0.3) is 0 Å². The zero-order valence-corrected chi connectivity index (χ0v) is 11.1. The van der Waals surface area contributed by atoms with Gasteiger partial charge in [0.15, 0.2) is 5.82 Å². The van der Waals surface area contributed by atoms with Crippen molar-refractivity contribution in [1.29, 1.82) is 0 Å². The number of nitrogen functional groups attached to an aromatic ring is 1. The van der Waals surface area contributed by atoms with Gasteiger partial charge in [0.2, 0.25) is 5.91 Å². The normalized spacial score (nSPS) is 10.2. The summed E-state index contributed by atoms with van der Waals surface area (Å²) in [6.07, 6.45) is 0. The SMILES string of the molecule is COCCNC(=O)CNc1cc(N)nc(COC)n1. The largest absolute Gasteiger partial charge is 0.384 e. The molecule has 106 valence electrons. The zero-order chi connectivity index (χ0) is 14.1. The van der Waals surface area contributed by atoms with E-state index in [9.17, 15) is 4.79 Å². The Labute approximate surface area is 111 Å². The van der Waals surface area contributed by atoms with Crippen LogP contribution in [-0.2, 0) is 20.9 Å². The summed E-state index contributed by atoms with van der Waals surface area (Å²) in [5.74, 6) is 1.12. The van der Waals surface area contributed by atoms with Gasteiger partial charge in [0, 0.05) is 26.8 Å². The smallest absolute Gasteiger partial charge is 0.239 e. The minimum atomic E-state index is -0.150. The summed E-state index contributed by atoms with van der Waals surface area (Å²) in [7, 11) is 3.12. The molecule has 1 amide bonds. The van der Waals surface area contributed by atoms with Gasteiger partial charge >= 0.3 is 0 Å². The number of nitrogens with two attached hydrogens (primary N) is 1. The van der Waals surface area contributed by atoms with Crippen molar-refractivity contribution in [2.75, 3.05) is 45.0 Å². The number of hydrogen-bond donors (Lipinski definition) is 3. The highest BCUT2D eigenvalue weighted by Gasteiger charge is 2.05. The van der Waals surface area contributed by atoms with Gasteiger partial charge in [0.1, 0.15) is 18.2 Å². The summed E-state index contributed by atoms with van der Waals surface area (Å²) >= 11 is 0. The first-order valence-corrected chi connectivity index (χ1v) is 5.77. The predicted octanol–water partition coefficient (Wildman–Crippen LogP) is -0.620. The average Bonchev–Trinajstić information content (AvgIpc) is 2.36. The first-order valence-electron chi connectivity index (χ1n) is 5.77. The Morgan fingerprint density at radius 2 is 2.16 bits per heavy atom. The fourth-order valence-corrected chi connectivity index (χ4v) is 1.33. The standard InChI is InChI=1S/C11H19N5O3/c1-18-4-3-13-11(17)6-14-9-5-8(12)15-10(16-9)7-19-2/h5H,3-4,6-7H2,1-2H3,(H,13,17)(H3,12,14,15,16). The molecule has 4 N–H and O–H groups in total. The third-order valence-corrected chi connectivity index (χ3v) is 2.12. The van der Waals surface area contributed by atoms with E-state index in [0.29, 0.717) is 30.6 Å². The molecule has 1 rings (SSSR count). The molecule has 0 atom stereocenters. The number of carbonyl (C=O) groups is 1. The van der Waals surface area contributed by atoms with Crippen LogP contribution >= 0.6 is 0 Å². The van der Waals surface area contributed by atoms with Gasteiger partial charge in [-0.05, 0) is 0 Å². The molecule has 1 aromatic rings. The van der Waals surface area contributed by atoms with Crippen LogP contribution < -0.4 is 16.4 Å². The monoisotopic (exact) mass is 269 g/mol. The van der Waals surface area contributed by atoms with Crippen molar-refractivity contribution < 1.29 is 14.3 Å². The molecule has 0 bridgehead atoms. The number of amides is 1. The molecule has 0 spiro atoms. The molecular weight excluding hydrogens is 250 g/mol. The molecule has 0 unspecified atom stereocenters. The maximum Gasteiger partial charge on any atom is 0.239 e. The van der Waals surface area contributed by atoms with Gasteiger partial charge in [-0.1, -0.05) is 0 Å². The lowest BCUT2D eigenvalue weighted by Gasteiger charge is -2.08. The number of anilines is 2. The van der Waals surface area contributed by atoms with Crippen molar-refractivity contribution in [2.24, 2.45) is 0 Å². The lowest BCUT2D eigenvalue weighted by atomic mass is 10.4. The number of carbonyl (C=O) groups excluding carboxylic acids is 1. The summed E-state index contributed by atoms with van der Waals surface area (Å²) in [5.41, 5.74) is 5.63. The van der Waals surface area contributed by atoms with E-state index >= 15 is 0 Å². The van der Waals surface area contributed by atoms with Crippen LogP contribution in [0.25, 0.3) is 0 Å². The maximum atomic E-state index is 11.5. The molecule has 0 saturated heterocycles. The summed E-state index contributed by atoms with van der Waals surface area (Å²) in [5, 5.41) is 5.55. The number of nitrogens with zero attached hydrogens (tertiary/aromatic N) is 2. The van der Waals surface area contributed by atoms with Crippen LogP contribution in [0.4, 0.5) is 11.6 Å². The minimum Gasteiger partial charge on any atom is -0.384 e. The topological polar surface area (TPSA) is 111 Å². The molecule has 8 heteroatoms. The lowest BCUT2D eigenvalue weighted by Crippen LogP contribution is -2.32. The van der Waals surface area contributed by atoms with Crippen LogP contribution in [0.2, 0.25) is 0 Å². The number of hydrogen-bond acceptors (Lipinski definition) is 7. The number of ether oxygens (including phenoxy) is 2. The molecule has 0 aromatic carbocycles. The van der Waals surface area contributed by atoms with E-state index in [1.807, 2.05) is 0 Å². The van der Waals surface area contributed by atoms with Crippen molar-refractivity contribution in [1.82, 2.24) is 15.3 Å². The Balaban J connectivity index is 2.45. The maximum absolute atomic E-state index is 11.5. The van der Waals surface area contributed by atoms with Gasteiger partial charge in [0.05, 0.1) is 13.2 Å². The second-order valence-corrected chi connectivity index (χ2v) is 3.72. The van der Waals surface area contributed by atoms with Gasteiger partial charge in [-0.2, -0.15) is 0 Å². The van der Waals surface area contributed by atoms with Gasteiger partial charge < -0.3 is 25.8 Å². The Bertz CT molecular complexity index is 413. The van der Waals surface area contributed by atoms with Crippen LogP contribution in [0.15, 0.2) is 6.07 Å². The van der Waals surface area contributed by atoms with Crippen LogP contribution in [0, 0.1) is 0 Å². The van der Waals surface area contributed by atoms with Crippen LogP contribution in [0.5, 0.6) is 0 Å². The fraction of sp³-hybridized carbons (Fsp3) is 0.545. The molecule has 0 aliphatic heterocycles. The van der Waals surface area contributed by atoms with E-state index in [1.54, 1.807) is 20.3 Å². The predicted molar refractivity (Wildman–Crippen MR) is 70.5 cm³/mol. The van der Waals surface area contributed by atoms with Crippen LogP contribution in [-0.4, -0.2) is 49.8 Å². The van der Waals surface area contributed by atoms with Crippen molar-refractivity contribution in [3.05, 3.63) is 11.9 Å². The third-order valence-electron chi connectivity index (χ3n) is 2.12. The minimum absolute atomic E-state index is 0.104. The molecule has 0 aliphatic rings. The Morgan fingerprint density at radius 1 is 1.37 bits per heavy atom. The summed E-state index contributed by atoms with van der Waals surface area (Å²) in [4.78, 5) is 19.6. The molecule has 0 radical (unpaired) electrons. The summed E-state index contributed by atoms with van der Waals surface area (Å²) < 4.78 is 9.75. The van der Waals surface area contributed by atoms with Gasteiger partial charge in [-0.25, -0.2) is 9.97 Å². The quantitative estimate of drug-likeness (QED) is 0.539. The Morgan fingerprint density at radius 3 is 2.84 bits per heavy atom. The molecule has 8 nitrogen and oxygen atoms in total. The summed E-state index contributed by atoms with van der Waals surface area (Å²) in [6.45, 7) is 1.31. The van der Waals surface area contributed by atoms with Crippen molar-refractivity contribution in [2.45, 2.75) is 6.61 Å². The number of rotatable bonds is 8. The molecular formula is C11H19N5O3. The van der Waals surface area contributed by atoms with Crippen molar-refractivity contribution in [3.8, 4) is 0 Å². The highest BCUT2D eigenvalue weighted by molar-refractivity contribution is 5.80. The molecule has 1 heterocycles. The van der Waals surface area contributed by atoms with Crippen molar-refractivity contribution in [3.63, 3.8) is 0 Å². The Kier molecular flexibility index (Phi) is 6.55. The van der Waals surface area contributed by atoms with Crippen LogP contribution in [0.1, 0.15) is 5.82 Å². The highest BCUT2D eigenvalue weighted by atomic mass is 16.5. The van der Waals surface area contributed by atoms with Crippen LogP contribution in [0.3, 0.4) is 0 Å². The Hall–Kier alpha value is -1.93. The van der Waals surface area contributed by atoms with E-state index in [0.717, 1.165) is 0 Å². The zero-order valence-electron chi connectivity index (χ0n) is 11.1. The van der Waals surface area contributed by atoms with E-state index < -0.39 is 0 Å². The molecule has 0 aliphatic carbocycles. The summed E-state index contributed by atoms with van der Waals surface area (Å²) in [6, 6.07) is 1.56. The van der Waals surface area contributed by atoms with Crippen molar-refractivity contribution >= 4 is 17.5 Å². The highest BCUT2D eigenvalue weighted by Crippen LogP contribution is 2.08. The first-order chi connectivity index (χ1) is 9.15. The number of nitrogens with one attached hydrogen (secondary N) is 2. The van der Waals surface area contributed by atoms with E-state index in [-0.39, 0.29) is 19.1 Å². The van der Waals surface area contributed by atoms with E-state index in [2.05, 4.69) is 20.6 Å². The number of methoxy groups -OCH3 is 2. The molecule has 1 aromatic heterocycles. The van der Waals surface area contributed by atoms with Gasteiger partial charge in [-0.15, -0.1) is 0 Å². The second kappa shape index (κ2) is 8.22. The van der Waals surface area contributed by atoms with Gasteiger partial charge in [-0.3, -0.25) is 4.79 Å². The third kappa shape index (κ3) is 5.98. The first kappa shape index (κ1) is 15.1.